The number of aromatic carboxylic acids is 1. The van der Waals surface area contributed by atoms with E-state index in [0.29, 0.717) is 5.76 Å². The highest BCUT2D eigenvalue weighted by Gasteiger charge is 2.13. The summed E-state index contributed by atoms with van der Waals surface area (Å²) in [6.45, 7) is 0.242. The quantitative estimate of drug-likeness (QED) is 0.832. The number of carbonyl (C=O) groups excluding carboxylic acids is 1. The van der Waals surface area contributed by atoms with Crippen LogP contribution in [-0.2, 0) is 11.3 Å². The van der Waals surface area contributed by atoms with Gasteiger partial charge < -0.3 is 18.8 Å². The van der Waals surface area contributed by atoms with Crippen molar-refractivity contribution in [2.75, 3.05) is 7.11 Å². The van der Waals surface area contributed by atoms with Crippen LogP contribution in [0.15, 0.2) is 34.9 Å². The van der Waals surface area contributed by atoms with Crippen molar-refractivity contribution in [3.05, 3.63) is 47.7 Å². The van der Waals surface area contributed by atoms with E-state index in [-0.39, 0.29) is 18.0 Å². The predicted molar refractivity (Wildman–Crippen MR) is 60.5 cm³/mol. The third kappa shape index (κ3) is 2.27. The van der Waals surface area contributed by atoms with Crippen molar-refractivity contribution in [1.29, 1.82) is 0 Å². The number of carboxylic acid groups (broad SMARTS) is 1. The van der Waals surface area contributed by atoms with Gasteiger partial charge in [-0.15, -0.1) is 0 Å². The van der Waals surface area contributed by atoms with Gasteiger partial charge in [0.2, 0.25) is 5.76 Å². The van der Waals surface area contributed by atoms with Gasteiger partial charge >= 0.3 is 11.9 Å². The number of esters is 1. The number of rotatable bonds is 4. The molecule has 0 spiro atoms. The molecule has 0 radical (unpaired) electrons. The van der Waals surface area contributed by atoms with Gasteiger partial charge in [-0.1, -0.05) is 0 Å². The Morgan fingerprint density at radius 2 is 2.17 bits per heavy atom. The topological polar surface area (TPSA) is 81.7 Å². The molecule has 1 N–H and O–H groups in total. The Hall–Kier alpha value is -2.50. The molecule has 2 aromatic rings. The average Bonchev–Trinajstić information content (AvgIpc) is 2.97. The van der Waals surface area contributed by atoms with E-state index in [1.165, 1.54) is 23.8 Å². The number of methoxy groups -OCH3 is 1. The Balaban J connectivity index is 2.19. The Morgan fingerprint density at radius 1 is 1.39 bits per heavy atom. The van der Waals surface area contributed by atoms with Gasteiger partial charge in [0.1, 0.15) is 11.5 Å². The van der Waals surface area contributed by atoms with Gasteiger partial charge in [-0.3, -0.25) is 0 Å². The number of ether oxygens (including phenoxy) is 1. The molecule has 6 nitrogen and oxygen atoms in total. The summed E-state index contributed by atoms with van der Waals surface area (Å²) in [5.74, 6) is -1.00. The molecule has 6 heteroatoms. The fourth-order valence-corrected chi connectivity index (χ4v) is 1.59. The first-order valence-electron chi connectivity index (χ1n) is 5.17. The third-order valence-corrected chi connectivity index (χ3v) is 2.42. The molecule has 0 saturated heterocycles. The first-order chi connectivity index (χ1) is 8.61. The molecule has 0 bridgehead atoms. The van der Waals surface area contributed by atoms with E-state index in [1.807, 2.05) is 0 Å². The highest BCUT2D eigenvalue weighted by atomic mass is 16.5. The zero-order chi connectivity index (χ0) is 13.1. The van der Waals surface area contributed by atoms with E-state index >= 15 is 0 Å². The molecule has 0 unspecified atom stereocenters. The van der Waals surface area contributed by atoms with Crippen molar-refractivity contribution >= 4 is 11.9 Å². The average molecular weight is 249 g/mol. The second-order valence-electron chi connectivity index (χ2n) is 3.58. The van der Waals surface area contributed by atoms with Crippen LogP contribution in [0.5, 0.6) is 0 Å². The molecule has 0 saturated carbocycles. The summed E-state index contributed by atoms with van der Waals surface area (Å²) in [4.78, 5) is 22.1. The number of aromatic nitrogens is 1. The van der Waals surface area contributed by atoms with Crippen molar-refractivity contribution in [1.82, 2.24) is 4.57 Å². The largest absolute Gasteiger partial charge is 0.477 e. The van der Waals surface area contributed by atoms with Crippen molar-refractivity contribution in [3.8, 4) is 0 Å². The monoisotopic (exact) mass is 249 g/mol. The molecule has 0 amide bonds. The zero-order valence-corrected chi connectivity index (χ0v) is 9.62. The Labute approximate surface area is 102 Å². The van der Waals surface area contributed by atoms with Gasteiger partial charge in [0.25, 0.3) is 0 Å². The molecule has 0 aliphatic rings. The summed E-state index contributed by atoms with van der Waals surface area (Å²) in [5.41, 5.74) is 0.158. The van der Waals surface area contributed by atoms with Crippen LogP contribution in [-0.4, -0.2) is 28.7 Å². The van der Waals surface area contributed by atoms with E-state index in [4.69, 9.17) is 9.52 Å². The number of carbonyl (C=O) groups is 2. The van der Waals surface area contributed by atoms with Crippen LogP contribution in [0.4, 0.5) is 0 Å². The summed E-state index contributed by atoms with van der Waals surface area (Å²) in [6.07, 6.45) is 1.63. The van der Waals surface area contributed by atoms with E-state index in [9.17, 15) is 9.59 Å². The maximum atomic E-state index is 11.2. The standard InChI is InChI=1S/C12H11NO5/c1-17-12(16)10-5-4-8(18-10)7-13-6-2-3-9(13)11(14)15/h2-6H,7H2,1H3,(H,14,15). The number of hydrogen-bond donors (Lipinski definition) is 1. The molecule has 2 heterocycles. The molecular weight excluding hydrogens is 238 g/mol. The van der Waals surface area contributed by atoms with Crippen molar-refractivity contribution in [2.45, 2.75) is 6.54 Å². The molecule has 94 valence electrons. The second kappa shape index (κ2) is 4.79. The molecule has 0 aliphatic carbocycles. The van der Waals surface area contributed by atoms with E-state index in [0.717, 1.165) is 0 Å². The molecule has 0 aromatic carbocycles. The third-order valence-electron chi connectivity index (χ3n) is 2.42. The maximum absolute atomic E-state index is 11.2. The lowest BCUT2D eigenvalue weighted by Gasteiger charge is -2.03. The summed E-state index contributed by atoms with van der Waals surface area (Å²) < 4.78 is 11.3. The first kappa shape index (κ1) is 12.0. The first-order valence-corrected chi connectivity index (χ1v) is 5.17. The molecule has 0 fully saturated rings. The van der Waals surface area contributed by atoms with Gasteiger partial charge in [-0.05, 0) is 24.3 Å². The van der Waals surface area contributed by atoms with Crippen LogP contribution in [0.2, 0.25) is 0 Å². The van der Waals surface area contributed by atoms with Crippen LogP contribution in [0.3, 0.4) is 0 Å². The predicted octanol–water partition coefficient (Wildman–Crippen LogP) is 1.61. The van der Waals surface area contributed by atoms with Crippen molar-refractivity contribution in [3.63, 3.8) is 0 Å². The number of carboxylic acids is 1. The number of hydrogen-bond acceptors (Lipinski definition) is 4. The van der Waals surface area contributed by atoms with E-state index in [2.05, 4.69) is 4.74 Å². The summed E-state index contributed by atoms with van der Waals surface area (Å²) in [6, 6.07) is 6.23. The van der Waals surface area contributed by atoms with Gasteiger partial charge in [-0.2, -0.15) is 0 Å². The number of furan rings is 1. The van der Waals surface area contributed by atoms with Crippen LogP contribution in [0, 0.1) is 0 Å². The van der Waals surface area contributed by atoms with E-state index < -0.39 is 11.9 Å². The molecule has 0 aliphatic heterocycles. The molecular formula is C12H11NO5. The highest BCUT2D eigenvalue weighted by Crippen LogP contribution is 2.12. The van der Waals surface area contributed by atoms with Gasteiger partial charge in [0.05, 0.1) is 13.7 Å². The maximum Gasteiger partial charge on any atom is 0.373 e. The minimum atomic E-state index is -1.01. The van der Waals surface area contributed by atoms with Gasteiger partial charge in [0.15, 0.2) is 0 Å². The minimum Gasteiger partial charge on any atom is -0.477 e. The second-order valence-corrected chi connectivity index (χ2v) is 3.58. The summed E-state index contributed by atoms with van der Waals surface area (Å²) >= 11 is 0. The zero-order valence-electron chi connectivity index (χ0n) is 9.62. The fourth-order valence-electron chi connectivity index (χ4n) is 1.59. The SMILES string of the molecule is COC(=O)c1ccc(Cn2cccc2C(=O)O)o1. The normalized spacial score (nSPS) is 10.3. The molecule has 2 rings (SSSR count). The highest BCUT2D eigenvalue weighted by molar-refractivity contribution is 5.86. The lowest BCUT2D eigenvalue weighted by molar-refractivity contribution is 0.0561. The Bertz CT molecular complexity index is 581. The van der Waals surface area contributed by atoms with Gasteiger partial charge in [-0.25, -0.2) is 9.59 Å². The molecule has 18 heavy (non-hydrogen) atoms. The fraction of sp³-hybridized carbons (Fsp3) is 0.167. The van der Waals surface area contributed by atoms with E-state index in [1.54, 1.807) is 18.3 Å². The molecule has 2 aromatic heterocycles. The minimum absolute atomic E-state index is 0.0940. The summed E-state index contributed by atoms with van der Waals surface area (Å²) in [7, 11) is 1.26. The van der Waals surface area contributed by atoms with Crippen LogP contribution in [0.1, 0.15) is 26.8 Å². The Kier molecular flexibility index (Phi) is 3.18. The summed E-state index contributed by atoms with van der Waals surface area (Å²) in [5, 5.41) is 8.94. The lowest BCUT2D eigenvalue weighted by Crippen LogP contribution is -2.08. The molecule has 0 atom stereocenters. The van der Waals surface area contributed by atoms with Crippen LogP contribution in [0.25, 0.3) is 0 Å². The van der Waals surface area contributed by atoms with Gasteiger partial charge in [0, 0.05) is 6.20 Å². The number of nitrogens with zero attached hydrogens (tertiary/aromatic N) is 1. The van der Waals surface area contributed by atoms with Crippen LogP contribution < -0.4 is 0 Å². The Morgan fingerprint density at radius 3 is 2.83 bits per heavy atom. The smallest absolute Gasteiger partial charge is 0.373 e. The van der Waals surface area contributed by atoms with Crippen molar-refractivity contribution in [2.24, 2.45) is 0 Å². The van der Waals surface area contributed by atoms with Crippen LogP contribution >= 0.6 is 0 Å². The lowest BCUT2D eigenvalue weighted by atomic mass is 10.4. The van der Waals surface area contributed by atoms with Crippen molar-refractivity contribution < 1.29 is 23.8 Å².